The number of thiazole rings is 1. The number of para-hydroxylation sites is 1. The summed E-state index contributed by atoms with van der Waals surface area (Å²) in [4.78, 5) is 29.7. The number of methoxy groups -OCH3 is 1. The Bertz CT molecular complexity index is 1150. The summed E-state index contributed by atoms with van der Waals surface area (Å²) >= 11 is 1.23. The highest BCUT2D eigenvalue weighted by Gasteiger charge is 2.25. The molecule has 3 rings (SSSR count). The second-order valence-corrected chi connectivity index (χ2v) is 7.49. The van der Waals surface area contributed by atoms with Crippen molar-refractivity contribution in [3.05, 3.63) is 81.8 Å². The number of ketones is 1. The number of carbonyl (C=O) groups excluding carboxylic acids is 2. The lowest BCUT2D eigenvalue weighted by Gasteiger charge is -2.11. The summed E-state index contributed by atoms with van der Waals surface area (Å²) in [7, 11) is 1.55. The van der Waals surface area contributed by atoms with Crippen LogP contribution in [0, 0.1) is 18.3 Å². The first kappa shape index (κ1) is 21.9. The number of carbonyl (C=O) groups is 2. The summed E-state index contributed by atoms with van der Waals surface area (Å²) < 4.78 is 10.7. The van der Waals surface area contributed by atoms with Crippen molar-refractivity contribution < 1.29 is 19.1 Å². The standard InChI is InChI=1S/C24H20N2O4S/c1-16-15-31-23(26-16)20(13-25)21(27)14-30-24(28)19(17-8-4-3-5-9-17)12-18-10-6-7-11-22(18)29-2/h3-12,15,20H,14H2,1-2H3/b19-12+/t20-/m1/s1. The molecule has 0 amide bonds. The normalized spacial score (nSPS) is 12.0. The van der Waals surface area contributed by atoms with Gasteiger partial charge in [0.05, 0.1) is 18.8 Å². The first-order valence-corrected chi connectivity index (χ1v) is 10.3. The largest absolute Gasteiger partial charge is 0.496 e. The molecule has 0 aliphatic heterocycles. The second-order valence-electron chi connectivity index (χ2n) is 6.60. The zero-order valence-corrected chi connectivity index (χ0v) is 17.9. The molecule has 0 radical (unpaired) electrons. The zero-order valence-electron chi connectivity index (χ0n) is 17.1. The molecule has 0 bridgehead atoms. The highest BCUT2D eigenvalue weighted by Crippen LogP contribution is 2.26. The van der Waals surface area contributed by atoms with Crippen LogP contribution in [-0.2, 0) is 14.3 Å². The average Bonchev–Trinajstić information content (AvgIpc) is 3.22. The van der Waals surface area contributed by atoms with E-state index in [2.05, 4.69) is 4.98 Å². The summed E-state index contributed by atoms with van der Waals surface area (Å²) in [6.45, 7) is 1.26. The predicted octanol–water partition coefficient (Wildman–Crippen LogP) is 4.42. The Kier molecular flexibility index (Phi) is 7.31. The van der Waals surface area contributed by atoms with Gasteiger partial charge in [0.15, 0.2) is 18.3 Å². The quantitative estimate of drug-likeness (QED) is 0.297. The van der Waals surface area contributed by atoms with Crippen molar-refractivity contribution in [2.45, 2.75) is 12.8 Å². The molecule has 0 aliphatic rings. The molecule has 156 valence electrons. The maximum Gasteiger partial charge on any atom is 0.339 e. The van der Waals surface area contributed by atoms with Crippen LogP contribution in [0.1, 0.15) is 27.7 Å². The Labute approximate surface area is 184 Å². The van der Waals surface area contributed by atoms with Crippen molar-refractivity contribution >= 4 is 34.7 Å². The van der Waals surface area contributed by atoms with E-state index in [0.717, 1.165) is 5.69 Å². The van der Waals surface area contributed by atoms with Crippen LogP contribution in [0.4, 0.5) is 0 Å². The van der Waals surface area contributed by atoms with Gasteiger partial charge >= 0.3 is 5.97 Å². The molecule has 0 N–H and O–H groups in total. The van der Waals surface area contributed by atoms with E-state index < -0.39 is 24.3 Å². The fraction of sp³-hybridized carbons (Fsp3) is 0.167. The molecule has 0 fully saturated rings. The molecule has 0 aliphatic carbocycles. The summed E-state index contributed by atoms with van der Waals surface area (Å²) in [6, 6.07) is 18.2. The number of hydrogen-bond acceptors (Lipinski definition) is 7. The summed E-state index contributed by atoms with van der Waals surface area (Å²) in [5.74, 6) is -1.65. The monoisotopic (exact) mass is 432 g/mol. The van der Waals surface area contributed by atoms with Gasteiger partial charge in [-0.1, -0.05) is 48.5 Å². The van der Waals surface area contributed by atoms with Gasteiger partial charge in [-0.2, -0.15) is 5.26 Å². The van der Waals surface area contributed by atoms with Gasteiger partial charge in [-0.25, -0.2) is 9.78 Å². The molecule has 3 aromatic rings. The van der Waals surface area contributed by atoms with E-state index >= 15 is 0 Å². The molecular formula is C24H20N2O4S. The van der Waals surface area contributed by atoms with Gasteiger partial charge in [0.1, 0.15) is 10.8 Å². The van der Waals surface area contributed by atoms with Crippen molar-refractivity contribution in [1.82, 2.24) is 4.98 Å². The fourth-order valence-electron chi connectivity index (χ4n) is 2.89. The Morgan fingerprint density at radius 1 is 1.16 bits per heavy atom. The number of ether oxygens (including phenoxy) is 2. The lowest BCUT2D eigenvalue weighted by Crippen LogP contribution is -2.20. The molecule has 2 aromatic carbocycles. The van der Waals surface area contributed by atoms with Crippen molar-refractivity contribution in [3.63, 3.8) is 0 Å². The van der Waals surface area contributed by atoms with Crippen LogP contribution in [-0.4, -0.2) is 30.5 Å². The van der Waals surface area contributed by atoms with Crippen LogP contribution in [0.25, 0.3) is 11.6 Å². The van der Waals surface area contributed by atoms with Gasteiger partial charge in [-0.05, 0) is 24.6 Å². The molecule has 0 spiro atoms. The number of nitrogens with zero attached hydrogens (tertiary/aromatic N) is 2. The van der Waals surface area contributed by atoms with E-state index in [4.69, 9.17) is 9.47 Å². The van der Waals surface area contributed by atoms with Crippen molar-refractivity contribution in [2.24, 2.45) is 0 Å². The number of Topliss-reactive ketones (excluding diaryl/α,β-unsaturated/α-hetero) is 1. The number of hydrogen-bond donors (Lipinski definition) is 0. The second kappa shape index (κ2) is 10.3. The van der Waals surface area contributed by atoms with Gasteiger partial charge in [0.2, 0.25) is 0 Å². The van der Waals surface area contributed by atoms with Gasteiger partial charge < -0.3 is 9.47 Å². The van der Waals surface area contributed by atoms with E-state index in [9.17, 15) is 14.9 Å². The minimum absolute atomic E-state index is 0.275. The maximum absolute atomic E-state index is 12.9. The van der Waals surface area contributed by atoms with Crippen LogP contribution < -0.4 is 4.74 Å². The topological polar surface area (TPSA) is 89.3 Å². The van der Waals surface area contributed by atoms with Crippen molar-refractivity contribution in [1.29, 1.82) is 5.26 Å². The molecule has 0 unspecified atom stereocenters. The molecule has 1 atom stereocenters. The van der Waals surface area contributed by atoms with Gasteiger partial charge in [0.25, 0.3) is 0 Å². The van der Waals surface area contributed by atoms with E-state index in [1.807, 2.05) is 30.3 Å². The van der Waals surface area contributed by atoms with E-state index in [1.165, 1.54) is 11.3 Å². The van der Waals surface area contributed by atoms with Gasteiger partial charge in [0, 0.05) is 16.6 Å². The molecule has 0 saturated heterocycles. The Hall–Kier alpha value is -3.76. The molecule has 1 heterocycles. The van der Waals surface area contributed by atoms with Crippen LogP contribution in [0.3, 0.4) is 0 Å². The van der Waals surface area contributed by atoms with Gasteiger partial charge in [-0.3, -0.25) is 4.79 Å². The van der Waals surface area contributed by atoms with Crippen molar-refractivity contribution in [2.75, 3.05) is 13.7 Å². The van der Waals surface area contributed by atoms with Crippen LogP contribution in [0.5, 0.6) is 5.75 Å². The Morgan fingerprint density at radius 2 is 1.87 bits per heavy atom. The molecule has 31 heavy (non-hydrogen) atoms. The third-order valence-corrected chi connectivity index (χ3v) is 5.45. The van der Waals surface area contributed by atoms with Gasteiger partial charge in [-0.15, -0.1) is 11.3 Å². The third-order valence-electron chi connectivity index (χ3n) is 4.42. The van der Waals surface area contributed by atoms with Crippen LogP contribution in [0.2, 0.25) is 0 Å². The summed E-state index contributed by atoms with van der Waals surface area (Å²) in [5.41, 5.74) is 2.34. The maximum atomic E-state index is 12.9. The fourth-order valence-corrected chi connectivity index (χ4v) is 3.75. The summed E-state index contributed by atoms with van der Waals surface area (Å²) in [6.07, 6.45) is 1.66. The first-order valence-electron chi connectivity index (χ1n) is 9.45. The smallest absolute Gasteiger partial charge is 0.339 e. The first-order chi connectivity index (χ1) is 15.0. The lowest BCUT2D eigenvalue weighted by atomic mass is 10.0. The lowest BCUT2D eigenvalue weighted by molar-refractivity contribution is -0.142. The van der Waals surface area contributed by atoms with Crippen LogP contribution in [0.15, 0.2) is 60.0 Å². The third kappa shape index (κ3) is 5.44. The average molecular weight is 433 g/mol. The zero-order chi connectivity index (χ0) is 22.2. The Morgan fingerprint density at radius 3 is 2.52 bits per heavy atom. The van der Waals surface area contributed by atoms with E-state index in [0.29, 0.717) is 21.9 Å². The predicted molar refractivity (Wildman–Crippen MR) is 118 cm³/mol. The number of esters is 1. The van der Waals surface area contributed by atoms with Crippen LogP contribution >= 0.6 is 11.3 Å². The highest BCUT2D eigenvalue weighted by atomic mass is 32.1. The SMILES string of the molecule is COc1ccccc1/C=C(/C(=O)OCC(=O)[C@@H](C#N)c1nc(C)cs1)c1ccccc1. The molecule has 0 saturated carbocycles. The number of aromatic nitrogens is 1. The van der Waals surface area contributed by atoms with E-state index in [1.54, 1.807) is 55.8 Å². The molecule has 1 aromatic heterocycles. The van der Waals surface area contributed by atoms with E-state index in [-0.39, 0.29) is 5.57 Å². The molecule has 7 heteroatoms. The number of rotatable bonds is 8. The Balaban J connectivity index is 1.83. The number of benzene rings is 2. The van der Waals surface area contributed by atoms with Crippen molar-refractivity contribution in [3.8, 4) is 11.8 Å². The number of nitriles is 1. The molecule has 6 nitrogen and oxygen atoms in total. The minimum atomic E-state index is -1.06. The summed E-state index contributed by atoms with van der Waals surface area (Å²) in [5, 5.41) is 11.6. The molecular weight excluding hydrogens is 412 g/mol. The highest BCUT2D eigenvalue weighted by molar-refractivity contribution is 7.09. The number of aryl methyl sites for hydroxylation is 1. The minimum Gasteiger partial charge on any atom is -0.496 e.